The largest absolute Gasteiger partial charge is 0.447 e. The Morgan fingerprint density at radius 2 is 1.74 bits per heavy atom. The second kappa shape index (κ2) is 9.09. The van der Waals surface area contributed by atoms with E-state index in [-0.39, 0.29) is 6.42 Å². The summed E-state index contributed by atoms with van der Waals surface area (Å²) in [5.74, 6) is -1.34. The Morgan fingerprint density at radius 1 is 1.00 bits per heavy atom. The molecule has 2 aromatic carbocycles. The maximum atomic E-state index is 13.0. The molecule has 1 aromatic heterocycles. The molecule has 6 heteroatoms. The van der Waals surface area contributed by atoms with E-state index in [1.54, 1.807) is 35.6 Å². The fraction of sp³-hybridized carbons (Fsp3) is 0.143. The number of amides is 1. The molecule has 0 fully saturated rings. The van der Waals surface area contributed by atoms with Crippen molar-refractivity contribution in [3.8, 4) is 0 Å². The van der Waals surface area contributed by atoms with Crippen molar-refractivity contribution in [1.82, 2.24) is 0 Å². The maximum absolute atomic E-state index is 13.0. The first-order valence-electron chi connectivity index (χ1n) is 8.45. The zero-order valence-electron chi connectivity index (χ0n) is 14.4. The molecule has 0 saturated heterocycles. The summed E-state index contributed by atoms with van der Waals surface area (Å²) < 4.78 is 18.5. The van der Waals surface area contributed by atoms with Crippen molar-refractivity contribution in [3.63, 3.8) is 0 Å². The Kier molecular flexibility index (Phi) is 6.33. The first-order valence-corrected chi connectivity index (χ1v) is 9.33. The molecule has 0 radical (unpaired) electrons. The molecule has 0 bridgehead atoms. The zero-order valence-corrected chi connectivity index (χ0v) is 15.2. The third kappa shape index (κ3) is 5.49. The van der Waals surface area contributed by atoms with E-state index in [4.69, 9.17) is 4.74 Å². The highest BCUT2D eigenvalue weighted by atomic mass is 32.1. The quantitative estimate of drug-likeness (QED) is 0.600. The van der Waals surface area contributed by atoms with Gasteiger partial charge in [0.05, 0.1) is 6.42 Å². The van der Waals surface area contributed by atoms with Crippen molar-refractivity contribution in [1.29, 1.82) is 0 Å². The Bertz CT molecular complexity index is 880. The lowest BCUT2D eigenvalue weighted by Gasteiger charge is -2.18. The molecule has 3 rings (SSSR count). The molecule has 1 amide bonds. The Labute approximate surface area is 160 Å². The van der Waals surface area contributed by atoms with Crippen LogP contribution in [-0.4, -0.2) is 11.9 Å². The van der Waals surface area contributed by atoms with Gasteiger partial charge in [-0.1, -0.05) is 36.4 Å². The van der Waals surface area contributed by atoms with E-state index < -0.39 is 23.8 Å². The van der Waals surface area contributed by atoms with Gasteiger partial charge in [-0.2, -0.15) is 0 Å². The van der Waals surface area contributed by atoms with Crippen molar-refractivity contribution in [2.45, 2.75) is 18.9 Å². The highest BCUT2D eigenvalue weighted by molar-refractivity contribution is 7.09. The summed E-state index contributed by atoms with van der Waals surface area (Å²) in [7, 11) is 0. The molecular formula is C21H18FNO3S. The van der Waals surface area contributed by atoms with Crippen molar-refractivity contribution in [2.24, 2.45) is 0 Å². The fourth-order valence-corrected chi connectivity index (χ4v) is 3.22. The second-order valence-electron chi connectivity index (χ2n) is 5.86. The van der Waals surface area contributed by atoms with Crippen LogP contribution >= 0.6 is 11.3 Å². The van der Waals surface area contributed by atoms with E-state index in [9.17, 15) is 14.0 Å². The number of carbonyl (C=O) groups is 2. The van der Waals surface area contributed by atoms with Crippen LogP contribution < -0.4 is 5.32 Å². The Balaban J connectivity index is 1.69. The highest BCUT2D eigenvalue weighted by Gasteiger charge is 2.25. The van der Waals surface area contributed by atoms with Crippen LogP contribution in [0, 0.1) is 5.82 Å². The number of anilines is 1. The standard InChI is InChI=1S/C21H18FNO3S/c22-16-8-10-17(11-9-16)23-21(25)20(15-5-2-1-3-6-15)26-19(24)13-12-18-7-4-14-27-18/h1-11,14,20H,12-13H2,(H,23,25)/t20-/m1/s1. The van der Waals surface area contributed by atoms with Gasteiger partial charge in [0.2, 0.25) is 6.10 Å². The molecule has 4 nitrogen and oxygen atoms in total. The number of hydrogen-bond donors (Lipinski definition) is 1. The fourth-order valence-electron chi connectivity index (χ4n) is 2.51. The van der Waals surface area contributed by atoms with Crippen LogP contribution in [0.2, 0.25) is 0 Å². The summed E-state index contributed by atoms with van der Waals surface area (Å²) >= 11 is 1.57. The van der Waals surface area contributed by atoms with Crippen LogP contribution in [-0.2, 0) is 20.7 Å². The number of aryl methyl sites for hydroxylation is 1. The molecule has 0 aliphatic carbocycles. The number of benzene rings is 2. The number of rotatable bonds is 7. The minimum absolute atomic E-state index is 0.188. The number of esters is 1. The SMILES string of the molecule is O=C(CCc1cccs1)O[C@@H](C(=O)Nc1ccc(F)cc1)c1ccccc1. The summed E-state index contributed by atoms with van der Waals surface area (Å²) in [5.41, 5.74) is 0.999. The maximum Gasteiger partial charge on any atom is 0.307 e. The van der Waals surface area contributed by atoms with Gasteiger partial charge in [-0.05, 0) is 42.1 Å². The molecular weight excluding hydrogens is 365 g/mol. The summed E-state index contributed by atoms with van der Waals surface area (Å²) in [4.78, 5) is 26.0. The van der Waals surface area contributed by atoms with Crippen LogP contribution in [0.4, 0.5) is 10.1 Å². The Morgan fingerprint density at radius 3 is 2.41 bits per heavy atom. The topological polar surface area (TPSA) is 55.4 Å². The number of carbonyl (C=O) groups excluding carboxylic acids is 2. The molecule has 0 unspecified atom stereocenters. The van der Waals surface area contributed by atoms with Crippen molar-refractivity contribution in [3.05, 3.63) is 88.4 Å². The molecule has 27 heavy (non-hydrogen) atoms. The van der Waals surface area contributed by atoms with Gasteiger partial charge in [0.1, 0.15) is 5.82 Å². The second-order valence-corrected chi connectivity index (χ2v) is 6.89. The van der Waals surface area contributed by atoms with E-state index in [2.05, 4.69) is 5.32 Å². The predicted octanol–water partition coefficient (Wildman–Crippen LogP) is 4.74. The van der Waals surface area contributed by atoms with Gasteiger partial charge in [0.25, 0.3) is 5.91 Å². The van der Waals surface area contributed by atoms with Gasteiger partial charge >= 0.3 is 5.97 Å². The van der Waals surface area contributed by atoms with Crippen LogP contribution in [0.5, 0.6) is 0 Å². The molecule has 0 aliphatic rings. The monoisotopic (exact) mass is 383 g/mol. The Hall–Kier alpha value is -2.99. The van der Waals surface area contributed by atoms with Crippen molar-refractivity contribution in [2.75, 3.05) is 5.32 Å². The minimum Gasteiger partial charge on any atom is -0.447 e. The van der Waals surface area contributed by atoms with Gasteiger partial charge < -0.3 is 10.1 Å². The number of thiophene rings is 1. The van der Waals surface area contributed by atoms with Crippen LogP contribution in [0.25, 0.3) is 0 Å². The lowest BCUT2D eigenvalue weighted by Crippen LogP contribution is -2.26. The number of hydrogen-bond acceptors (Lipinski definition) is 4. The van der Waals surface area contributed by atoms with E-state index in [0.717, 1.165) is 4.88 Å². The lowest BCUT2D eigenvalue weighted by molar-refractivity contribution is -0.154. The predicted molar refractivity (Wildman–Crippen MR) is 103 cm³/mol. The first-order chi connectivity index (χ1) is 13.1. The van der Waals surface area contributed by atoms with Crippen LogP contribution in [0.3, 0.4) is 0 Å². The third-order valence-corrected chi connectivity index (χ3v) is 4.79. The number of halogens is 1. The third-order valence-electron chi connectivity index (χ3n) is 3.86. The highest BCUT2D eigenvalue weighted by Crippen LogP contribution is 2.22. The number of nitrogens with one attached hydrogen (secondary N) is 1. The molecule has 0 saturated carbocycles. The molecule has 3 aromatic rings. The van der Waals surface area contributed by atoms with Gasteiger partial charge in [0, 0.05) is 16.1 Å². The molecule has 0 aliphatic heterocycles. The van der Waals surface area contributed by atoms with Gasteiger partial charge in [-0.25, -0.2) is 4.39 Å². The van der Waals surface area contributed by atoms with Gasteiger partial charge in [-0.15, -0.1) is 11.3 Å². The van der Waals surface area contributed by atoms with Crippen molar-refractivity contribution >= 4 is 28.9 Å². The summed E-state index contributed by atoms with van der Waals surface area (Å²) in [6, 6.07) is 18.1. The molecule has 0 spiro atoms. The van der Waals surface area contributed by atoms with E-state index >= 15 is 0 Å². The minimum atomic E-state index is -1.08. The molecule has 1 atom stereocenters. The van der Waals surface area contributed by atoms with Gasteiger partial charge in [0.15, 0.2) is 0 Å². The van der Waals surface area contributed by atoms with Crippen LogP contribution in [0.1, 0.15) is 23.0 Å². The smallest absolute Gasteiger partial charge is 0.307 e. The molecule has 138 valence electrons. The van der Waals surface area contributed by atoms with E-state index in [1.165, 1.54) is 24.3 Å². The molecule has 1 heterocycles. The molecule has 1 N–H and O–H groups in total. The van der Waals surface area contributed by atoms with E-state index in [0.29, 0.717) is 17.7 Å². The first kappa shape index (κ1) is 18.8. The summed E-state index contributed by atoms with van der Waals surface area (Å²) in [6.45, 7) is 0. The van der Waals surface area contributed by atoms with Crippen LogP contribution in [0.15, 0.2) is 72.1 Å². The zero-order chi connectivity index (χ0) is 19.1. The summed E-state index contributed by atoms with van der Waals surface area (Å²) in [6.07, 6.45) is -0.322. The van der Waals surface area contributed by atoms with Gasteiger partial charge in [-0.3, -0.25) is 9.59 Å². The lowest BCUT2D eigenvalue weighted by atomic mass is 10.1. The average Bonchev–Trinajstić information content (AvgIpc) is 3.20. The van der Waals surface area contributed by atoms with E-state index in [1.807, 2.05) is 23.6 Å². The normalized spacial score (nSPS) is 11.6. The number of ether oxygens (including phenoxy) is 1. The average molecular weight is 383 g/mol. The van der Waals surface area contributed by atoms with Crippen molar-refractivity contribution < 1.29 is 18.7 Å². The summed E-state index contributed by atoms with van der Waals surface area (Å²) in [5, 5.41) is 4.61.